The number of primary amides is 2. The number of nitrogens with one attached hydrogen (secondary N) is 8. The van der Waals surface area contributed by atoms with Gasteiger partial charge in [-0.1, -0.05) is 62.7 Å². The first-order valence-electron chi connectivity index (χ1n) is 23.7. The number of hydrogen-bond donors (Lipinski definition) is 14. The summed E-state index contributed by atoms with van der Waals surface area (Å²) in [7, 11) is 0. The average Bonchev–Trinajstić information content (AvgIpc) is 3.88. The molecule has 26 nitrogen and oxygen atoms in total. The summed E-state index contributed by atoms with van der Waals surface area (Å²) in [5, 5.41) is 46.4. The molecule has 75 heavy (non-hydrogen) atoms. The summed E-state index contributed by atoms with van der Waals surface area (Å²) in [5.41, 5.74) is 18.2. The number of amides is 9. The van der Waals surface area contributed by atoms with Crippen LogP contribution in [-0.4, -0.2) is 151 Å². The molecule has 27 heteroatoms. The van der Waals surface area contributed by atoms with E-state index in [2.05, 4.69) is 47.2 Å². The number of benzene rings is 2. The maximum Gasteiger partial charge on any atom is 0.326 e. The van der Waals surface area contributed by atoms with Gasteiger partial charge in [-0.3, -0.25) is 47.9 Å². The van der Waals surface area contributed by atoms with Crippen LogP contribution in [0.25, 0.3) is 0 Å². The highest BCUT2D eigenvalue weighted by atomic mass is 32.2. The zero-order valence-electron chi connectivity index (χ0n) is 41.5. The Balaban J connectivity index is 1.93. The predicted octanol–water partition coefficient (Wildman–Crippen LogP) is -2.64. The summed E-state index contributed by atoms with van der Waals surface area (Å²) >= 11 is 1.40. The molecule has 0 aliphatic rings. The van der Waals surface area contributed by atoms with Crippen molar-refractivity contribution >= 4 is 76.9 Å². The van der Waals surface area contributed by atoms with E-state index in [4.69, 9.17) is 17.2 Å². The number of aromatic hydroxyl groups is 1. The number of rotatable bonds is 33. The molecule has 1 heterocycles. The van der Waals surface area contributed by atoms with Crippen LogP contribution in [0.2, 0.25) is 0 Å². The molecule has 3 rings (SSSR count). The molecule has 408 valence electrons. The lowest BCUT2D eigenvalue weighted by Gasteiger charge is -2.29. The van der Waals surface area contributed by atoms with Gasteiger partial charge in [0.15, 0.2) is 0 Å². The van der Waals surface area contributed by atoms with Crippen molar-refractivity contribution in [1.82, 2.24) is 47.2 Å². The van der Waals surface area contributed by atoms with Crippen molar-refractivity contribution in [2.45, 2.75) is 120 Å². The highest BCUT2D eigenvalue weighted by molar-refractivity contribution is 7.98. The first-order chi connectivity index (χ1) is 35.5. The molecular weight excluding hydrogens is 1000 g/mol. The van der Waals surface area contributed by atoms with E-state index in [0.29, 0.717) is 22.6 Å². The van der Waals surface area contributed by atoms with Crippen molar-refractivity contribution in [3.05, 3.63) is 83.9 Å². The number of aromatic nitrogens is 2. The number of carbonyl (C=O) groups excluding carboxylic acids is 9. The number of thioether (sulfide) groups is 1. The number of hydrogen-bond acceptors (Lipinski definition) is 15. The quantitative estimate of drug-likeness (QED) is 0.0297. The van der Waals surface area contributed by atoms with Crippen LogP contribution >= 0.6 is 11.8 Å². The van der Waals surface area contributed by atoms with Gasteiger partial charge < -0.3 is 74.7 Å². The Hall–Kier alpha value is -8.07. The van der Waals surface area contributed by atoms with Crippen LogP contribution in [0.3, 0.4) is 0 Å². The predicted molar refractivity (Wildman–Crippen MR) is 270 cm³/mol. The molecule has 0 bridgehead atoms. The number of carbonyl (C=O) groups is 11. The van der Waals surface area contributed by atoms with Crippen LogP contribution in [0.1, 0.15) is 69.2 Å². The van der Waals surface area contributed by atoms with Crippen LogP contribution in [0.5, 0.6) is 5.75 Å². The fourth-order valence-corrected chi connectivity index (χ4v) is 7.75. The highest BCUT2D eigenvalue weighted by Crippen LogP contribution is 2.15. The van der Waals surface area contributed by atoms with E-state index in [1.54, 1.807) is 50.4 Å². The number of phenols is 1. The molecule has 0 aliphatic carbocycles. The lowest BCUT2D eigenvalue weighted by atomic mass is 9.96. The Labute approximate surface area is 435 Å². The maximum atomic E-state index is 14.3. The van der Waals surface area contributed by atoms with Crippen LogP contribution in [0.4, 0.5) is 0 Å². The molecule has 0 fully saturated rings. The maximum absolute atomic E-state index is 14.3. The van der Waals surface area contributed by atoms with Gasteiger partial charge in [0, 0.05) is 37.6 Å². The molecule has 3 aromatic rings. The zero-order valence-corrected chi connectivity index (χ0v) is 42.4. The lowest BCUT2D eigenvalue weighted by Crippen LogP contribution is -2.61. The Morgan fingerprint density at radius 1 is 0.613 bits per heavy atom. The van der Waals surface area contributed by atoms with Crippen LogP contribution in [-0.2, 0) is 72.0 Å². The van der Waals surface area contributed by atoms with Gasteiger partial charge in [-0.05, 0) is 54.0 Å². The smallest absolute Gasteiger partial charge is 0.326 e. The van der Waals surface area contributed by atoms with E-state index in [1.165, 1.54) is 48.6 Å². The second kappa shape index (κ2) is 30.8. The number of aliphatic carboxylic acids is 2. The molecule has 1 aromatic heterocycles. The first-order valence-corrected chi connectivity index (χ1v) is 25.1. The molecular formula is C48H66N12O14S. The fourth-order valence-electron chi connectivity index (χ4n) is 7.26. The van der Waals surface area contributed by atoms with Gasteiger partial charge >= 0.3 is 11.9 Å². The second-order valence-electron chi connectivity index (χ2n) is 17.6. The molecule has 0 saturated carbocycles. The van der Waals surface area contributed by atoms with Crippen molar-refractivity contribution in [2.75, 3.05) is 12.0 Å². The molecule has 0 saturated heterocycles. The minimum Gasteiger partial charge on any atom is -0.508 e. The van der Waals surface area contributed by atoms with Crippen molar-refractivity contribution in [3.8, 4) is 5.75 Å². The molecule has 2 aromatic carbocycles. The van der Waals surface area contributed by atoms with Gasteiger partial charge in [-0.2, -0.15) is 11.8 Å². The third kappa shape index (κ3) is 21.5. The SMILES string of the molecule is CC[C@H](C)[C@H](NC(=O)[C@H](CC(N)=O)NC(=O)[C@H](Cc1ccc(O)cc1)NC(=O)[C@H](CC(=O)O)NC(=O)[C@@H](N)CCSC)C(=O)N[C@@H](CCC(N)=O)C(=O)N[C@@H](Cc1ccccc1)C(=O)N[C@@H](Cc1cnc[nH]1)C(=O)O. The Kier molecular flexibility index (Phi) is 25.2. The minimum absolute atomic E-state index is 0.146. The number of carboxylic acid groups (broad SMARTS) is 2. The molecule has 0 unspecified atom stereocenters. The van der Waals surface area contributed by atoms with Crippen molar-refractivity contribution < 1.29 is 68.1 Å². The van der Waals surface area contributed by atoms with Gasteiger partial charge in [0.05, 0.1) is 25.2 Å². The molecule has 0 radical (unpaired) electrons. The number of H-pyrrole nitrogens is 1. The summed E-state index contributed by atoms with van der Waals surface area (Å²) < 4.78 is 0. The highest BCUT2D eigenvalue weighted by Gasteiger charge is 2.37. The van der Waals surface area contributed by atoms with Crippen LogP contribution < -0.4 is 54.4 Å². The van der Waals surface area contributed by atoms with E-state index in [9.17, 15) is 68.1 Å². The molecule has 0 aliphatic heterocycles. The second-order valence-corrected chi connectivity index (χ2v) is 18.6. The van der Waals surface area contributed by atoms with E-state index in [-0.39, 0.29) is 37.9 Å². The number of imidazole rings is 1. The summed E-state index contributed by atoms with van der Waals surface area (Å²) in [4.78, 5) is 152. The van der Waals surface area contributed by atoms with Crippen LogP contribution in [0.15, 0.2) is 67.1 Å². The van der Waals surface area contributed by atoms with Gasteiger partial charge in [-0.15, -0.1) is 0 Å². The van der Waals surface area contributed by atoms with Gasteiger partial charge in [0.1, 0.15) is 48.0 Å². The largest absolute Gasteiger partial charge is 0.508 e. The average molecular weight is 1070 g/mol. The molecule has 9 atom stereocenters. The number of phenolic OH excluding ortho intramolecular Hbond substituents is 1. The monoisotopic (exact) mass is 1070 g/mol. The van der Waals surface area contributed by atoms with Gasteiger partial charge in [-0.25, -0.2) is 9.78 Å². The first kappa shape index (κ1) is 61.2. The lowest BCUT2D eigenvalue weighted by molar-refractivity contribution is -0.142. The number of carboxylic acids is 2. The molecule has 0 spiro atoms. The van der Waals surface area contributed by atoms with Gasteiger partial charge in [0.25, 0.3) is 0 Å². The summed E-state index contributed by atoms with van der Waals surface area (Å²) in [6.07, 6.45) is 1.51. The normalized spacial score (nSPS) is 14.6. The van der Waals surface area contributed by atoms with Crippen molar-refractivity contribution in [2.24, 2.45) is 23.1 Å². The third-order valence-electron chi connectivity index (χ3n) is 11.6. The van der Waals surface area contributed by atoms with Crippen molar-refractivity contribution in [3.63, 3.8) is 0 Å². The standard InChI is InChI=1S/C48H66N12O14S/c1-4-25(2)40(47(72)54-31(14-15-37(50)62)42(67)56-32(18-26-8-6-5-7-9-26)44(69)59-36(48(73)74)20-28-23-52-24-53-28)60-46(71)34(21-38(51)63)58-43(68)33(19-27-10-12-29(61)13-11-27)57-45(70)35(22-39(64)65)55-41(66)30(49)16-17-75-3/h5-13,23-25,30-36,40,61H,4,14-22,49H2,1-3H3,(H2,50,62)(H2,51,63)(H,52,53)(H,54,72)(H,55,66)(H,56,67)(H,57,70)(H,58,68)(H,59,69)(H,60,71)(H,64,65)(H,73,74)/t25-,30-,31-,32-,33-,34-,35-,36-,40-/m0/s1. The Bertz CT molecular complexity index is 2450. The summed E-state index contributed by atoms with van der Waals surface area (Å²) in [6.45, 7) is 3.22. The van der Waals surface area contributed by atoms with E-state index < -0.39 is 145 Å². The van der Waals surface area contributed by atoms with Crippen molar-refractivity contribution in [1.29, 1.82) is 0 Å². The topological polar surface area (TPSA) is 439 Å². The number of aromatic amines is 1. The van der Waals surface area contributed by atoms with Crippen LogP contribution in [0, 0.1) is 5.92 Å². The molecule has 9 amide bonds. The molecule has 17 N–H and O–H groups in total. The zero-order chi connectivity index (χ0) is 55.8. The van der Waals surface area contributed by atoms with E-state index in [0.717, 1.165) is 0 Å². The third-order valence-corrected chi connectivity index (χ3v) is 12.3. The Morgan fingerprint density at radius 3 is 1.64 bits per heavy atom. The number of nitrogens with two attached hydrogens (primary N) is 3. The van der Waals surface area contributed by atoms with Gasteiger partial charge in [0.2, 0.25) is 53.2 Å². The summed E-state index contributed by atoms with van der Waals surface area (Å²) in [6, 6.07) is 1.33. The number of nitrogens with zero attached hydrogens (tertiary/aromatic N) is 1. The fraction of sp³-hybridized carbons (Fsp3) is 0.458. The summed E-state index contributed by atoms with van der Waals surface area (Å²) in [5.74, 6) is -12.4. The van der Waals surface area contributed by atoms with E-state index in [1.807, 2.05) is 0 Å². The Morgan fingerprint density at radius 2 is 1.12 bits per heavy atom. The van der Waals surface area contributed by atoms with E-state index >= 15 is 0 Å². The minimum atomic E-state index is -1.84.